The predicted octanol–water partition coefficient (Wildman–Crippen LogP) is 1.69. The molecule has 0 aromatic heterocycles. The van der Waals surface area contributed by atoms with Crippen LogP contribution in [-0.4, -0.2) is 26.5 Å². The lowest BCUT2D eigenvalue weighted by atomic mass is 9.89. The summed E-state index contributed by atoms with van der Waals surface area (Å²) in [5.74, 6) is -0.957. The molecule has 0 spiro atoms. The van der Waals surface area contributed by atoms with Crippen LogP contribution >= 0.6 is 15.9 Å². The summed E-state index contributed by atoms with van der Waals surface area (Å²) < 4.78 is 32.8. The quantitative estimate of drug-likeness (QED) is 0.854. The molecule has 8 heteroatoms. The van der Waals surface area contributed by atoms with E-state index in [0.717, 1.165) is 12.8 Å². The molecule has 0 aliphatic carbocycles. The van der Waals surface area contributed by atoms with E-state index in [4.69, 9.17) is 10.00 Å². The summed E-state index contributed by atoms with van der Waals surface area (Å²) in [6, 6.07) is 5.98. The van der Waals surface area contributed by atoms with Crippen molar-refractivity contribution in [3.8, 4) is 6.07 Å². The molecule has 2 heterocycles. The molecule has 0 unspecified atom stereocenters. The van der Waals surface area contributed by atoms with E-state index in [9.17, 15) is 13.2 Å². The SMILES string of the molecule is N#Cc1cc(Br)cc(S(=O)(=O)NC(=O)[C@@H]2C[C@H]3CC[C@@H]2O3)c1. The number of carbonyl (C=O) groups excluding carboxylic acids is 1. The molecule has 1 N–H and O–H groups in total. The van der Waals surface area contributed by atoms with Gasteiger partial charge in [-0.3, -0.25) is 4.79 Å². The van der Waals surface area contributed by atoms with E-state index in [-0.39, 0.29) is 22.7 Å². The van der Waals surface area contributed by atoms with Crippen molar-refractivity contribution in [3.05, 3.63) is 28.2 Å². The molecule has 1 aromatic rings. The van der Waals surface area contributed by atoms with Crippen LogP contribution in [0.5, 0.6) is 0 Å². The van der Waals surface area contributed by atoms with Crippen molar-refractivity contribution >= 4 is 31.9 Å². The van der Waals surface area contributed by atoms with E-state index in [2.05, 4.69) is 20.7 Å². The molecule has 2 bridgehead atoms. The van der Waals surface area contributed by atoms with Crippen LogP contribution in [-0.2, 0) is 19.6 Å². The lowest BCUT2D eigenvalue weighted by Crippen LogP contribution is -2.39. The molecule has 3 atom stereocenters. The molecule has 3 rings (SSSR count). The van der Waals surface area contributed by atoms with Crippen molar-refractivity contribution < 1.29 is 17.9 Å². The summed E-state index contributed by atoms with van der Waals surface area (Å²) in [4.78, 5) is 12.1. The normalized spacial score (nSPS) is 26.6. The molecule has 2 aliphatic heterocycles. The second-order valence-corrected chi connectivity index (χ2v) is 8.07. The van der Waals surface area contributed by atoms with E-state index >= 15 is 0 Å². The number of nitrogens with one attached hydrogen (secondary N) is 1. The van der Waals surface area contributed by atoms with Crippen LogP contribution in [0.3, 0.4) is 0 Å². The molecule has 116 valence electrons. The first-order valence-electron chi connectivity index (χ1n) is 6.82. The Morgan fingerprint density at radius 1 is 1.36 bits per heavy atom. The van der Waals surface area contributed by atoms with Crippen molar-refractivity contribution in [2.24, 2.45) is 5.92 Å². The number of rotatable bonds is 3. The maximum Gasteiger partial charge on any atom is 0.264 e. The van der Waals surface area contributed by atoms with E-state index in [1.54, 1.807) is 0 Å². The molecule has 2 saturated heterocycles. The van der Waals surface area contributed by atoms with E-state index in [1.807, 2.05) is 6.07 Å². The number of carbonyl (C=O) groups is 1. The Morgan fingerprint density at radius 2 is 2.14 bits per heavy atom. The van der Waals surface area contributed by atoms with E-state index in [0.29, 0.717) is 10.9 Å². The smallest absolute Gasteiger partial charge is 0.264 e. The first-order chi connectivity index (χ1) is 10.4. The van der Waals surface area contributed by atoms with Gasteiger partial charge in [-0.05, 0) is 37.5 Å². The highest BCUT2D eigenvalue weighted by Gasteiger charge is 2.45. The first-order valence-corrected chi connectivity index (χ1v) is 9.09. The number of sulfonamides is 1. The predicted molar refractivity (Wildman–Crippen MR) is 80.2 cm³/mol. The van der Waals surface area contributed by atoms with Crippen molar-refractivity contribution in [1.29, 1.82) is 5.26 Å². The lowest BCUT2D eigenvalue weighted by molar-refractivity contribution is -0.124. The number of ether oxygens (including phenoxy) is 1. The summed E-state index contributed by atoms with van der Waals surface area (Å²) in [6.45, 7) is 0. The van der Waals surface area contributed by atoms with Gasteiger partial charge in [0.15, 0.2) is 0 Å². The zero-order valence-electron chi connectivity index (χ0n) is 11.5. The van der Waals surface area contributed by atoms with Crippen molar-refractivity contribution in [2.75, 3.05) is 0 Å². The van der Waals surface area contributed by atoms with E-state index in [1.165, 1.54) is 18.2 Å². The van der Waals surface area contributed by atoms with Crippen LogP contribution < -0.4 is 4.72 Å². The Morgan fingerprint density at radius 3 is 2.73 bits per heavy atom. The van der Waals surface area contributed by atoms with Gasteiger partial charge in [-0.1, -0.05) is 15.9 Å². The largest absolute Gasteiger partial charge is 0.374 e. The highest BCUT2D eigenvalue weighted by atomic mass is 79.9. The number of halogens is 1. The number of benzene rings is 1. The fourth-order valence-electron chi connectivity index (χ4n) is 2.96. The Balaban J connectivity index is 1.80. The third-order valence-corrected chi connectivity index (χ3v) is 5.77. The summed E-state index contributed by atoms with van der Waals surface area (Å²) in [6.07, 6.45) is 2.17. The minimum absolute atomic E-state index is 0.0690. The zero-order valence-corrected chi connectivity index (χ0v) is 13.9. The number of amides is 1. The van der Waals surface area contributed by atoms with Crippen molar-refractivity contribution in [2.45, 2.75) is 36.4 Å². The van der Waals surface area contributed by atoms with E-state index < -0.39 is 21.8 Å². The van der Waals surface area contributed by atoms with Gasteiger partial charge in [0.25, 0.3) is 10.0 Å². The Labute approximate surface area is 136 Å². The van der Waals surface area contributed by atoms with Crippen molar-refractivity contribution in [1.82, 2.24) is 4.72 Å². The minimum atomic E-state index is -4.01. The molecule has 0 saturated carbocycles. The maximum absolute atomic E-state index is 12.3. The topological polar surface area (TPSA) is 96.3 Å². The molecule has 2 aliphatic rings. The molecular formula is C14H13BrN2O4S. The number of hydrogen-bond acceptors (Lipinski definition) is 5. The number of hydrogen-bond donors (Lipinski definition) is 1. The number of nitriles is 1. The third kappa shape index (κ3) is 2.89. The van der Waals surface area contributed by atoms with Crippen LogP contribution in [0.1, 0.15) is 24.8 Å². The van der Waals surface area contributed by atoms with Gasteiger partial charge in [0.2, 0.25) is 5.91 Å². The van der Waals surface area contributed by atoms with Gasteiger partial charge in [-0.25, -0.2) is 13.1 Å². The van der Waals surface area contributed by atoms with Crippen LogP contribution in [0.25, 0.3) is 0 Å². The Kier molecular flexibility index (Phi) is 3.97. The Hall–Kier alpha value is -1.43. The minimum Gasteiger partial charge on any atom is -0.374 e. The van der Waals surface area contributed by atoms with Crippen LogP contribution in [0.2, 0.25) is 0 Å². The molecule has 0 radical (unpaired) electrons. The Bertz CT molecular complexity index is 772. The van der Waals surface area contributed by atoms with Crippen molar-refractivity contribution in [3.63, 3.8) is 0 Å². The highest BCUT2D eigenvalue weighted by molar-refractivity contribution is 9.10. The maximum atomic E-state index is 12.3. The van der Waals surface area contributed by atoms with Crippen LogP contribution in [0.4, 0.5) is 0 Å². The summed E-state index contributed by atoms with van der Waals surface area (Å²) in [7, 11) is -4.01. The summed E-state index contributed by atoms with van der Waals surface area (Å²) in [5, 5.41) is 8.91. The average Bonchev–Trinajstić information content (AvgIpc) is 3.08. The average molecular weight is 385 g/mol. The fourth-order valence-corrected chi connectivity index (χ4v) is 4.71. The molecule has 1 aromatic carbocycles. The molecule has 2 fully saturated rings. The number of fused-ring (bicyclic) bond motifs is 2. The second kappa shape index (κ2) is 5.65. The third-order valence-electron chi connectivity index (χ3n) is 3.99. The summed E-state index contributed by atoms with van der Waals surface area (Å²) >= 11 is 3.16. The van der Waals surface area contributed by atoms with Gasteiger partial charge in [-0.2, -0.15) is 5.26 Å². The van der Waals surface area contributed by atoms with Gasteiger partial charge >= 0.3 is 0 Å². The highest BCUT2D eigenvalue weighted by Crippen LogP contribution is 2.39. The molecule has 1 amide bonds. The second-order valence-electron chi connectivity index (χ2n) is 5.47. The fraction of sp³-hybridized carbons (Fsp3) is 0.429. The molecule has 22 heavy (non-hydrogen) atoms. The molecular weight excluding hydrogens is 372 g/mol. The monoisotopic (exact) mass is 384 g/mol. The van der Waals surface area contributed by atoms with Gasteiger partial charge in [-0.15, -0.1) is 0 Å². The first kappa shape index (κ1) is 15.5. The van der Waals surface area contributed by atoms with Crippen LogP contribution in [0.15, 0.2) is 27.6 Å². The van der Waals surface area contributed by atoms with Gasteiger partial charge in [0, 0.05) is 4.47 Å². The molecule has 6 nitrogen and oxygen atoms in total. The van der Waals surface area contributed by atoms with Gasteiger partial charge in [0.05, 0.1) is 34.7 Å². The summed E-state index contributed by atoms with van der Waals surface area (Å²) in [5.41, 5.74) is 0.199. The van der Waals surface area contributed by atoms with Crippen LogP contribution in [0, 0.1) is 17.2 Å². The zero-order chi connectivity index (χ0) is 15.9. The lowest BCUT2D eigenvalue weighted by Gasteiger charge is -2.18. The standard InChI is InChI=1S/C14H13BrN2O4S/c15-9-3-8(7-16)4-11(5-9)22(19,20)17-14(18)12-6-10-1-2-13(12)21-10/h3-5,10,12-13H,1-2,6H2,(H,17,18)/t10-,12-,13+/m1/s1. The number of nitrogens with zero attached hydrogens (tertiary/aromatic N) is 1. The van der Waals surface area contributed by atoms with Gasteiger partial charge in [0.1, 0.15) is 0 Å². The van der Waals surface area contributed by atoms with Gasteiger partial charge < -0.3 is 4.74 Å².